The molecule has 172 valence electrons. The number of piperidine rings is 1. The van der Waals surface area contributed by atoms with Crippen molar-refractivity contribution < 1.29 is 19.3 Å². The minimum Gasteiger partial charge on any atom is -0.482 e. The lowest BCUT2D eigenvalue weighted by atomic mass is 9.79. The lowest BCUT2D eigenvalue weighted by Gasteiger charge is -2.41. The number of hydrogen-bond donors (Lipinski definition) is 4. The van der Waals surface area contributed by atoms with Gasteiger partial charge in [0.25, 0.3) is 0 Å². The third-order valence-electron chi connectivity index (χ3n) is 5.52. The molecule has 3 aromatic rings. The summed E-state index contributed by atoms with van der Waals surface area (Å²) in [7, 11) is 5.73. The van der Waals surface area contributed by atoms with E-state index >= 15 is 0 Å². The average molecular weight is 492 g/mol. The normalized spacial score (nSPS) is 23.9. The van der Waals surface area contributed by atoms with Gasteiger partial charge in [0.15, 0.2) is 17.3 Å². The van der Waals surface area contributed by atoms with Gasteiger partial charge in [0.2, 0.25) is 0 Å². The summed E-state index contributed by atoms with van der Waals surface area (Å²) in [5, 5.41) is 28.1. The van der Waals surface area contributed by atoms with Crippen LogP contribution in [0.5, 0.6) is 5.75 Å². The van der Waals surface area contributed by atoms with Crippen LogP contribution >= 0.6 is 23.2 Å². The number of pyridine rings is 1. The quantitative estimate of drug-likeness (QED) is 0.320. The van der Waals surface area contributed by atoms with Crippen LogP contribution in [0, 0.1) is 5.82 Å². The maximum absolute atomic E-state index is 13.9. The van der Waals surface area contributed by atoms with Gasteiger partial charge in [-0.05, 0) is 25.1 Å². The van der Waals surface area contributed by atoms with E-state index in [1.807, 2.05) is 0 Å². The molecule has 1 aromatic carbocycles. The monoisotopic (exact) mass is 491 g/mol. The van der Waals surface area contributed by atoms with E-state index < -0.39 is 23.3 Å². The second-order valence-corrected chi connectivity index (χ2v) is 8.84. The molecule has 0 spiro atoms. The summed E-state index contributed by atoms with van der Waals surface area (Å²) in [6.45, 7) is 1.97. The molecule has 2 aromatic heterocycles. The molecular formula is C21H21BCl2FN5O3. The highest BCUT2D eigenvalue weighted by Gasteiger charge is 2.41. The van der Waals surface area contributed by atoms with Crippen molar-refractivity contribution in [3.8, 4) is 16.9 Å². The van der Waals surface area contributed by atoms with Crippen molar-refractivity contribution in [2.45, 2.75) is 37.2 Å². The van der Waals surface area contributed by atoms with Crippen molar-refractivity contribution in [3.05, 3.63) is 58.2 Å². The number of halogens is 3. The van der Waals surface area contributed by atoms with Gasteiger partial charge in [-0.1, -0.05) is 23.2 Å². The van der Waals surface area contributed by atoms with Crippen LogP contribution in [0.4, 0.5) is 10.2 Å². The van der Waals surface area contributed by atoms with Crippen molar-refractivity contribution in [1.29, 1.82) is 0 Å². The van der Waals surface area contributed by atoms with Crippen LogP contribution in [0.2, 0.25) is 10.0 Å². The fourth-order valence-corrected chi connectivity index (χ4v) is 4.51. The highest BCUT2D eigenvalue weighted by Crippen LogP contribution is 2.37. The number of hydrogen-bond acceptors (Lipinski definition) is 7. The Morgan fingerprint density at radius 3 is 2.79 bits per heavy atom. The molecule has 1 aliphatic rings. The van der Waals surface area contributed by atoms with Crippen molar-refractivity contribution >= 4 is 36.9 Å². The Morgan fingerprint density at radius 1 is 1.30 bits per heavy atom. The fraction of sp³-hybridized carbons (Fsp3) is 0.333. The zero-order chi connectivity index (χ0) is 24.0. The molecule has 1 fully saturated rings. The molecule has 0 bridgehead atoms. The highest BCUT2D eigenvalue weighted by molar-refractivity contribution is 6.36. The third-order valence-corrected chi connectivity index (χ3v) is 6.24. The van der Waals surface area contributed by atoms with Gasteiger partial charge in [-0.15, -0.1) is 0 Å². The second kappa shape index (κ2) is 8.77. The molecule has 5 N–H and O–H groups in total. The van der Waals surface area contributed by atoms with Gasteiger partial charge in [0.1, 0.15) is 19.8 Å². The second-order valence-electron chi connectivity index (χ2n) is 8.06. The average Bonchev–Trinajstić information content (AvgIpc) is 3.23. The van der Waals surface area contributed by atoms with E-state index in [2.05, 4.69) is 15.4 Å². The molecular weight excluding hydrogens is 471 g/mol. The summed E-state index contributed by atoms with van der Waals surface area (Å²) in [5.74, 6) is -0.258. The predicted molar refractivity (Wildman–Crippen MR) is 123 cm³/mol. The molecule has 33 heavy (non-hydrogen) atoms. The molecule has 12 heteroatoms. The van der Waals surface area contributed by atoms with E-state index in [1.165, 1.54) is 29.2 Å². The minimum absolute atomic E-state index is 0.117. The first-order chi connectivity index (χ1) is 15.5. The number of ether oxygens (including phenoxy) is 1. The molecule has 8 nitrogen and oxygen atoms in total. The summed E-state index contributed by atoms with van der Waals surface area (Å²) in [5.41, 5.74) is 4.33. The summed E-state index contributed by atoms with van der Waals surface area (Å²) in [4.78, 5) is 4.17. The SMILES string of the molecule is [B]C1(O)CC(O)(n2cc(-c3cnc(N)c(OC(C)c4c(Cl)ccc(F)c4Cl)c3)cn2)CCN1. The number of aliphatic hydroxyl groups is 2. The summed E-state index contributed by atoms with van der Waals surface area (Å²) in [6, 6.07) is 4.22. The van der Waals surface area contributed by atoms with Gasteiger partial charge in [0.05, 0.1) is 16.8 Å². The molecule has 1 aliphatic heterocycles. The van der Waals surface area contributed by atoms with E-state index in [-0.39, 0.29) is 28.0 Å². The van der Waals surface area contributed by atoms with Crippen LogP contribution < -0.4 is 15.8 Å². The Balaban J connectivity index is 1.61. The number of anilines is 1. The number of aromatic nitrogens is 3. The van der Waals surface area contributed by atoms with Crippen molar-refractivity contribution in [2.75, 3.05) is 12.3 Å². The molecule has 1 saturated heterocycles. The predicted octanol–water partition coefficient (Wildman–Crippen LogP) is 2.96. The van der Waals surface area contributed by atoms with Gasteiger partial charge in [-0.2, -0.15) is 5.10 Å². The Morgan fingerprint density at radius 2 is 2.06 bits per heavy atom. The van der Waals surface area contributed by atoms with Gasteiger partial charge >= 0.3 is 0 Å². The Labute approximate surface area is 200 Å². The van der Waals surface area contributed by atoms with Gasteiger partial charge in [-0.3, -0.25) is 5.32 Å². The number of rotatable bonds is 5. The number of nitrogens with zero attached hydrogens (tertiary/aromatic N) is 3. The van der Waals surface area contributed by atoms with Crippen LogP contribution in [0.3, 0.4) is 0 Å². The van der Waals surface area contributed by atoms with Crippen molar-refractivity contribution in [1.82, 2.24) is 20.1 Å². The number of nitrogen functional groups attached to an aromatic ring is 1. The zero-order valence-electron chi connectivity index (χ0n) is 17.6. The molecule has 2 radical (unpaired) electrons. The van der Waals surface area contributed by atoms with Crippen molar-refractivity contribution in [3.63, 3.8) is 0 Å². The number of benzene rings is 1. The maximum atomic E-state index is 13.9. The number of nitrogens with two attached hydrogens (primary N) is 1. The van der Waals surface area contributed by atoms with Crippen LogP contribution in [0.1, 0.15) is 31.4 Å². The molecule has 0 amide bonds. The van der Waals surface area contributed by atoms with E-state index in [9.17, 15) is 14.6 Å². The topological polar surface area (TPSA) is 118 Å². The molecule has 4 rings (SSSR count). The Bertz CT molecular complexity index is 1190. The lowest BCUT2D eigenvalue weighted by Crippen LogP contribution is -2.58. The van der Waals surface area contributed by atoms with Gasteiger partial charge < -0.3 is 20.7 Å². The minimum atomic E-state index is -1.71. The van der Waals surface area contributed by atoms with E-state index in [4.69, 9.17) is 41.5 Å². The largest absolute Gasteiger partial charge is 0.482 e. The van der Waals surface area contributed by atoms with Crippen LogP contribution in [0.15, 0.2) is 36.8 Å². The molecule has 3 atom stereocenters. The van der Waals surface area contributed by atoms with Gasteiger partial charge in [0, 0.05) is 53.5 Å². The zero-order valence-corrected chi connectivity index (χ0v) is 19.1. The summed E-state index contributed by atoms with van der Waals surface area (Å²) < 4.78 is 21.2. The first-order valence-corrected chi connectivity index (χ1v) is 10.8. The van der Waals surface area contributed by atoms with Crippen LogP contribution in [-0.2, 0) is 5.72 Å². The molecule has 0 saturated carbocycles. The van der Waals surface area contributed by atoms with Crippen molar-refractivity contribution in [2.24, 2.45) is 0 Å². The summed E-state index contributed by atoms with van der Waals surface area (Å²) >= 11 is 12.3. The fourth-order valence-electron chi connectivity index (χ4n) is 3.83. The van der Waals surface area contributed by atoms with Crippen LogP contribution in [0.25, 0.3) is 11.1 Å². The van der Waals surface area contributed by atoms with Crippen LogP contribution in [-0.4, -0.2) is 45.0 Å². The smallest absolute Gasteiger partial charge is 0.166 e. The molecule has 3 unspecified atom stereocenters. The molecule has 0 aliphatic carbocycles. The summed E-state index contributed by atoms with van der Waals surface area (Å²) in [6.07, 6.45) is 4.11. The van der Waals surface area contributed by atoms with E-state index in [1.54, 1.807) is 19.2 Å². The Kier molecular flexibility index (Phi) is 6.32. The third kappa shape index (κ3) is 4.80. The highest BCUT2D eigenvalue weighted by atomic mass is 35.5. The van der Waals surface area contributed by atoms with E-state index in [0.29, 0.717) is 29.7 Å². The first kappa shape index (κ1) is 23.8. The Hall–Kier alpha value is -2.37. The first-order valence-electron chi connectivity index (χ1n) is 10.1. The molecule has 3 heterocycles. The standard InChI is InChI=1S/C21H21BCl2FN5O3/c1-11(17-14(23)2-3-15(25)18(17)24)33-16-6-12(7-27-19(16)26)13-8-29-30(9-13)20(31)4-5-28-21(22,32)10-20/h2-3,6-9,11,28,31-32H,4-5,10H2,1H3,(H2,26,27). The van der Waals surface area contributed by atoms with E-state index in [0.717, 1.165) is 0 Å². The maximum Gasteiger partial charge on any atom is 0.166 e. The lowest BCUT2D eigenvalue weighted by molar-refractivity contribution is -0.130. The van der Waals surface area contributed by atoms with Gasteiger partial charge in [-0.25, -0.2) is 14.1 Å². The number of nitrogens with one attached hydrogen (secondary N) is 1.